The standard InChI is InChI=1S/C14H26N2O4/c1-10-5-6-11(8-10)9-15-14(19)16-12(13(17)18)4-3-7-20-2/h10-12H,3-9H2,1-2H3,(H,17,18)(H2,15,16,19). The van der Waals surface area contributed by atoms with Crippen molar-refractivity contribution in [2.75, 3.05) is 20.3 Å². The van der Waals surface area contributed by atoms with Crippen LogP contribution >= 0.6 is 0 Å². The highest BCUT2D eigenvalue weighted by molar-refractivity contribution is 5.82. The Bertz CT molecular complexity index is 322. The lowest BCUT2D eigenvalue weighted by Crippen LogP contribution is -2.47. The summed E-state index contributed by atoms with van der Waals surface area (Å²) in [4.78, 5) is 22.8. The van der Waals surface area contributed by atoms with Crippen molar-refractivity contribution in [3.63, 3.8) is 0 Å². The van der Waals surface area contributed by atoms with E-state index >= 15 is 0 Å². The fourth-order valence-electron chi connectivity index (χ4n) is 2.65. The average molecular weight is 286 g/mol. The van der Waals surface area contributed by atoms with Gasteiger partial charge in [0.05, 0.1) is 0 Å². The predicted molar refractivity (Wildman–Crippen MR) is 75.6 cm³/mol. The summed E-state index contributed by atoms with van der Waals surface area (Å²) in [6, 6.07) is -1.25. The van der Waals surface area contributed by atoms with Crippen molar-refractivity contribution in [2.45, 2.75) is 45.1 Å². The molecule has 6 heteroatoms. The maximum Gasteiger partial charge on any atom is 0.326 e. The molecular weight excluding hydrogens is 260 g/mol. The van der Waals surface area contributed by atoms with Crippen LogP contribution in [0.1, 0.15) is 39.0 Å². The van der Waals surface area contributed by atoms with Gasteiger partial charge < -0.3 is 20.5 Å². The van der Waals surface area contributed by atoms with Crippen molar-refractivity contribution in [3.8, 4) is 0 Å². The third kappa shape index (κ3) is 6.23. The Hall–Kier alpha value is -1.30. The van der Waals surface area contributed by atoms with E-state index in [4.69, 9.17) is 9.84 Å². The Morgan fingerprint density at radius 1 is 1.40 bits per heavy atom. The second-order valence-electron chi connectivity index (χ2n) is 5.66. The van der Waals surface area contributed by atoms with Crippen LogP contribution in [0.15, 0.2) is 0 Å². The first-order valence-electron chi connectivity index (χ1n) is 7.29. The van der Waals surface area contributed by atoms with E-state index in [9.17, 15) is 9.59 Å². The molecule has 116 valence electrons. The number of methoxy groups -OCH3 is 1. The van der Waals surface area contributed by atoms with Gasteiger partial charge in [-0.1, -0.05) is 13.3 Å². The van der Waals surface area contributed by atoms with Crippen LogP contribution in [0.4, 0.5) is 4.79 Å². The molecule has 0 saturated heterocycles. The highest BCUT2D eigenvalue weighted by Crippen LogP contribution is 2.29. The number of rotatable bonds is 8. The number of carboxylic acid groups (broad SMARTS) is 1. The molecule has 0 aromatic carbocycles. The number of carbonyl (C=O) groups is 2. The van der Waals surface area contributed by atoms with Crippen molar-refractivity contribution in [1.82, 2.24) is 10.6 Å². The predicted octanol–water partition coefficient (Wildman–Crippen LogP) is 1.60. The summed E-state index contributed by atoms with van der Waals surface area (Å²) in [5, 5.41) is 14.3. The molecule has 1 fully saturated rings. The van der Waals surface area contributed by atoms with E-state index in [0.717, 1.165) is 18.8 Å². The molecular formula is C14H26N2O4. The quantitative estimate of drug-likeness (QED) is 0.591. The van der Waals surface area contributed by atoms with Crippen LogP contribution in [0.3, 0.4) is 0 Å². The summed E-state index contributed by atoms with van der Waals surface area (Å²) >= 11 is 0. The van der Waals surface area contributed by atoms with Crippen molar-refractivity contribution in [3.05, 3.63) is 0 Å². The molecule has 6 nitrogen and oxygen atoms in total. The van der Waals surface area contributed by atoms with Crippen LogP contribution < -0.4 is 10.6 Å². The van der Waals surface area contributed by atoms with Crippen LogP contribution in [0.2, 0.25) is 0 Å². The second-order valence-corrected chi connectivity index (χ2v) is 5.66. The van der Waals surface area contributed by atoms with Gasteiger partial charge in [-0.05, 0) is 37.5 Å². The van der Waals surface area contributed by atoms with Gasteiger partial charge in [-0.3, -0.25) is 0 Å². The number of hydrogen-bond acceptors (Lipinski definition) is 3. The normalized spacial score (nSPS) is 23.3. The molecule has 3 unspecified atom stereocenters. The molecule has 3 atom stereocenters. The van der Waals surface area contributed by atoms with Gasteiger partial charge in [0, 0.05) is 20.3 Å². The van der Waals surface area contributed by atoms with E-state index in [1.54, 1.807) is 7.11 Å². The number of ether oxygens (including phenoxy) is 1. The molecule has 20 heavy (non-hydrogen) atoms. The highest BCUT2D eigenvalue weighted by Gasteiger charge is 2.23. The molecule has 2 amide bonds. The summed E-state index contributed by atoms with van der Waals surface area (Å²) in [6.07, 6.45) is 4.46. The first-order valence-corrected chi connectivity index (χ1v) is 7.29. The van der Waals surface area contributed by atoms with E-state index in [-0.39, 0.29) is 0 Å². The van der Waals surface area contributed by atoms with Gasteiger partial charge in [-0.2, -0.15) is 0 Å². The number of urea groups is 1. The van der Waals surface area contributed by atoms with E-state index < -0.39 is 18.0 Å². The van der Waals surface area contributed by atoms with Gasteiger partial charge in [0.25, 0.3) is 0 Å². The minimum absolute atomic E-state index is 0.372. The van der Waals surface area contributed by atoms with E-state index in [0.29, 0.717) is 31.9 Å². The largest absolute Gasteiger partial charge is 0.480 e. The maximum absolute atomic E-state index is 11.7. The van der Waals surface area contributed by atoms with Gasteiger partial charge in [-0.15, -0.1) is 0 Å². The van der Waals surface area contributed by atoms with Gasteiger partial charge in [-0.25, -0.2) is 9.59 Å². The van der Waals surface area contributed by atoms with Crippen molar-refractivity contribution >= 4 is 12.0 Å². The van der Waals surface area contributed by atoms with E-state index in [2.05, 4.69) is 17.6 Å². The number of hydrogen-bond donors (Lipinski definition) is 3. The summed E-state index contributed by atoms with van der Waals surface area (Å²) in [7, 11) is 1.57. The molecule has 0 spiro atoms. The lowest BCUT2D eigenvalue weighted by Gasteiger charge is -2.16. The number of nitrogens with one attached hydrogen (secondary N) is 2. The molecule has 0 aromatic rings. The molecule has 0 bridgehead atoms. The zero-order valence-corrected chi connectivity index (χ0v) is 12.4. The Morgan fingerprint density at radius 3 is 2.70 bits per heavy atom. The number of aliphatic carboxylic acids is 1. The number of carboxylic acids is 1. The number of carbonyl (C=O) groups excluding carboxylic acids is 1. The smallest absolute Gasteiger partial charge is 0.326 e. The van der Waals surface area contributed by atoms with Gasteiger partial charge in [0.2, 0.25) is 0 Å². The zero-order chi connectivity index (χ0) is 15.0. The Labute approximate surface area is 120 Å². The van der Waals surface area contributed by atoms with Crippen molar-refractivity contribution in [2.24, 2.45) is 11.8 Å². The zero-order valence-electron chi connectivity index (χ0n) is 12.4. The number of amides is 2. The van der Waals surface area contributed by atoms with Gasteiger partial charge in [0.1, 0.15) is 6.04 Å². The maximum atomic E-state index is 11.7. The van der Waals surface area contributed by atoms with Crippen LogP contribution in [0.25, 0.3) is 0 Å². The lowest BCUT2D eigenvalue weighted by molar-refractivity contribution is -0.139. The minimum Gasteiger partial charge on any atom is -0.480 e. The average Bonchev–Trinajstić information content (AvgIpc) is 2.81. The SMILES string of the molecule is COCCCC(NC(=O)NCC1CCC(C)C1)C(=O)O. The molecule has 0 radical (unpaired) electrons. The van der Waals surface area contributed by atoms with Gasteiger partial charge in [0.15, 0.2) is 0 Å². The molecule has 0 heterocycles. The third-order valence-electron chi connectivity index (χ3n) is 3.80. The molecule has 1 saturated carbocycles. The first kappa shape index (κ1) is 16.8. The lowest BCUT2D eigenvalue weighted by atomic mass is 10.1. The van der Waals surface area contributed by atoms with Gasteiger partial charge >= 0.3 is 12.0 Å². The summed E-state index contributed by atoms with van der Waals surface area (Å²) in [6.45, 7) is 3.34. The molecule has 0 aliphatic heterocycles. The first-order chi connectivity index (χ1) is 9.52. The third-order valence-corrected chi connectivity index (χ3v) is 3.80. The van der Waals surface area contributed by atoms with E-state index in [1.165, 1.54) is 6.42 Å². The topological polar surface area (TPSA) is 87.7 Å². The Morgan fingerprint density at radius 2 is 2.15 bits per heavy atom. The monoisotopic (exact) mass is 286 g/mol. The molecule has 0 aromatic heterocycles. The Balaban J connectivity index is 2.25. The summed E-state index contributed by atoms with van der Waals surface area (Å²) in [5.74, 6) is 0.240. The fraction of sp³-hybridized carbons (Fsp3) is 0.857. The molecule has 3 N–H and O–H groups in total. The van der Waals surface area contributed by atoms with Crippen LogP contribution in [0, 0.1) is 11.8 Å². The van der Waals surface area contributed by atoms with Crippen molar-refractivity contribution < 1.29 is 19.4 Å². The second kappa shape index (κ2) is 8.79. The molecule has 1 aliphatic rings. The molecule has 1 aliphatic carbocycles. The summed E-state index contributed by atoms with van der Waals surface area (Å²) in [5.41, 5.74) is 0. The van der Waals surface area contributed by atoms with Crippen LogP contribution in [-0.2, 0) is 9.53 Å². The van der Waals surface area contributed by atoms with Crippen molar-refractivity contribution in [1.29, 1.82) is 0 Å². The highest BCUT2D eigenvalue weighted by atomic mass is 16.5. The fourth-order valence-corrected chi connectivity index (χ4v) is 2.65. The van der Waals surface area contributed by atoms with Crippen LogP contribution in [0.5, 0.6) is 0 Å². The minimum atomic E-state index is -1.01. The summed E-state index contributed by atoms with van der Waals surface area (Å²) < 4.78 is 4.88. The van der Waals surface area contributed by atoms with Crippen LogP contribution in [-0.4, -0.2) is 43.4 Å². The van der Waals surface area contributed by atoms with E-state index in [1.807, 2.05) is 0 Å². The molecule has 1 rings (SSSR count). The Kier molecular flexibility index (Phi) is 7.36.